The molecule has 1 N–H and O–H groups in total. The highest BCUT2D eigenvalue weighted by Gasteiger charge is 2.22. The van der Waals surface area contributed by atoms with Gasteiger partial charge < -0.3 is 14.7 Å². The normalized spacial score (nSPS) is 14.1. The summed E-state index contributed by atoms with van der Waals surface area (Å²) in [6.45, 7) is 5.19. The van der Waals surface area contributed by atoms with Crippen LogP contribution in [0.15, 0.2) is 38.4 Å². The molecule has 0 aliphatic carbocycles. The molecule has 1 aromatic carbocycles. The van der Waals surface area contributed by atoms with Gasteiger partial charge in [-0.05, 0) is 45.0 Å². The summed E-state index contributed by atoms with van der Waals surface area (Å²) in [6.07, 6.45) is 2.35. The quantitative estimate of drug-likeness (QED) is 0.590. The molecule has 31 heavy (non-hydrogen) atoms. The Balaban J connectivity index is 1.57. The van der Waals surface area contributed by atoms with E-state index in [1.165, 1.54) is 19.9 Å². The molecule has 1 aliphatic heterocycles. The molecule has 1 aliphatic rings. The van der Waals surface area contributed by atoms with E-state index in [4.69, 9.17) is 4.52 Å². The number of hydrogen-bond acceptors (Lipinski definition) is 8. The third kappa shape index (κ3) is 4.31. The largest absolute Gasteiger partial charge is 0.351 e. The predicted octanol–water partition coefficient (Wildman–Crippen LogP) is 0.115. The van der Waals surface area contributed by atoms with E-state index < -0.39 is 17.2 Å². The van der Waals surface area contributed by atoms with Crippen molar-refractivity contribution in [2.24, 2.45) is 7.05 Å². The minimum atomic E-state index is -0.685. The zero-order chi connectivity index (χ0) is 22.0. The Bertz CT molecular complexity index is 1200. The van der Waals surface area contributed by atoms with Crippen LogP contribution in [0.1, 0.15) is 29.1 Å². The first-order valence-corrected chi connectivity index (χ1v) is 10.1. The van der Waals surface area contributed by atoms with Gasteiger partial charge in [0.15, 0.2) is 5.69 Å². The van der Waals surface area contributed by atoms with Crippen LogP contribution in [0.3, 0.4) is 0 Å². The van der Waals surface area contributed by atoms with E-state index in [-0.39, 0.29) is 17.4 Å². The smallest absolute Gasteiger partial charge is 0.347 e. The molecule has 3 aromatic rings. The first-order valence-electron chi connectivity index (χ1n) is 10.1. The number of nitrogens with zero attached hydrogens (tertiary/aromatic N) is 6. The summed E-state index contributed by atoms with van der Waals surface area (Å²) in [7, 11) is 1.34. The fraction of sp³-hybridized carbons (Fsp3) is 0.400. The molecule has 0 saturated carbocycles. The number of carbonyl (C=O) groups is 1. The third-order valence-corrected chi connectivity index (χ3v) is 5.20. The van der Waals surface area contributed by atoms with Crippen molar-refractivity contribution in [3.05, 3.63) is 56.6 Å². The highest BCUT2D eigenvalue weighted by molar-refractivity contribution is 5.89. The first kappa shape index (κ1) is 20.7. The number of nitrogens with one attached hydrogen (secondary N) is 1. The summed E-state index contributed by atoms with van der Waals surface area (Å²) in [6, 6.07) is 7.08. The van der Waals surface area contributed by atoms with Crippen molar-refractivity contribution in [1.29, 1.82) is 0 Å². The van der Waals surface area contributed by atoms with Gasteiger partial charge in [0.05, 0.1) is 5.69 Å². The molecule has 11 heteroatoms. The maximum absolute atomic E-state index is 12.6. The third-order valence-electron chi connectivity index (χ3n) is 5.20. The fourth-order valence-corrected chi connectivity index (χ4v) is 3.39. The molecule has 4 rings (SSSR count). The lowest BCUT2D eigenvalue weighted by Crippen LogP contribution is -2.40. The Hall–Kier alpha value is -3.60. The minimum absolute atomic E-state index is 0.161. The molecule has 1 amide bonds. The molecule has 0 atom stereocenters. The van der Waals surface area contributed by atoms with Crippen LogP contribution >= 0.6 is 0 Å². The van der Waals surface area contributed by atoms with Crippen LogP contribution in [0, 0.1) is 6.92 Å². The first-order chi connectivity index (χ1) is 14.9. The van der Waals surface area contributed by atoms with E-state index in [2.05, 4.69) is 25.5 Å². The number of benzene rings is 1. The van der Waals surface area contributed by atoms with Crippen LogP contribution < -0.4 is 16.6 Å². The van der Waals surface area contributed by atoms with Crippen molar-refractivity contribution in [2.75, 3.05) is 26.2 Å². The zero-order valence-corrected chi connectivity index (χ0v) is 17.4. The lowest BCUT2D eigenvalue weighted by Gasteiger charge is -2.13. The van der Waals surface area contributed by atoms with Gasteiger partial charge in [-0.15, -0.1) is 0 Å². The van der Waals surface area contributed by atoms with Gasteiger partial charge in [-0.25, -0.2) is 4.79 Å². The maximum Gasteiger partial charge on any atom is 0.351 e. The van der Waals surface area contributed by atoms with E-state index >= 15 is 0 Å². The molecular formula is C20H23N7O4. The molecule has 0 radical (unpaired) electrons. The summed E-state index contributed by atoms with van der Waals surface area (Å²) in [5.41, 5.74) is 0.00916. The summed E-state index contributed by atoms with van der Waals surface area (Å²) in [4.78, 5) is 43.7. The predicted molar refractivity (Wildman–Crippen MR) is 111 cm³/mol. The van der Waals surface area contributed by atoms with Gasteiger partial charge in [-0.2, -0.15) is 14.8 Å². The van der Waals surface area contributed by atoms with Gasteiger partial charge in [-0.1, -0.05) is 22.9 Å². The van der Waals surface area contributed by atoms with E-state index in [1.807, 2.05) is 19.1 Å². The van der Waals surface area contributed by atoms with E-state index in [9.17, 15) is 14.4 Å². The molecule has 162 valence electrons. The summed E-state index contributed by atoms with van der Waals surface area (Å²) in [5, 5.41) is 10.6. The number of likely N-dealkylation sites (tertiary alicyclic amines) is 1. The van der Waals surface area contributed by atoms with Crippen molar-refractivity contribution in [1.82, 2.24) is 34.7 Å². The van der Waals surface area contributed by atoms with Crippen molar-refractivity contribution < 1.29 is 9.32 Å². The van der Waals surface area contributed by atoms with Gasteiger partial charge in [0, 0.05) is 20.1 Å². The molecule has 1 fully saturated rings. The second kappa shape index (κ2) is 8.64. The Morgan fingerprint density at radius 2 is 1.87 bits per heavy atom. The van der Waals surface area contributed by atoms with Gasteiger partial charge in [0.2, 0.25) is 5.82 Å². The summed E-state index contributed by atoms with van der Waals surface area (Å²) >= 11 is 0. The average Bonchev–Trinajstić information content (AvgIpc) is 3.45. The molecule has 11 nitrogen and oxygen atoms in total. The average molecular weight is 425 g/mol. The highest BCUT2D eigenvalue weighted by atomic mass is 16.5. The Morgan fingerprint density at radius 3 is 2.58 bits per heavy atom. The second-order valence-corrected chi connectivity index (χ2v) is 7.47. The monoisotopic (exact) mass is 425 g/mol. The topological polar surface area (TPSA) is 128 Å². The molecular weight excluding hydrogens is 402 g/mol. The minimum Gasteiger partial charge on any atom is -0.347 e. The highest BCUT2D eigenvalue weighted by Crippen LogP contribution is 2.11. The zero-order valence-electron chi connectivity index (χ0n) is 17.4. The van der Waals surface area contributed by atoms with Crippen LogP contribution in [0.2, 0.25) is 0 Å². The second-order valence-electron chi connectivity index (χ2n) is 7.47. The Labute approximate surface area is 177 Å². The number of rotatable bonds is 6. The Morgan fingerprint density at radius 1 is 1.16 bits per heavy atom. The van der Waals surface area contributed by atoms with Gasteiger partial charge >= 0.3 is 17.5 Å². The molecule has 3 heterocycles. The number of amides is 1. The van der Waals surface area contributed by atoms with Crippen molar-refractivity contribution in [3.8, 4) is 17.2 Å². The number of carbonyl (C=O) groups excluding carboxylic acids is 1. The molecule has 2 aromatic heterocycles. The van der Waals surface area contributed by atoms with Gasteiger partial charge in [0.1, 0.15) is 0 Å². The van der Waals surface area contributed by atoms with Crippen molar-refractivity contribution >= 4 is 5.91 Å². The van der Waals surface area contributed by atoms with Crippen molar-refractivity contribution in [2.45, 2.75) is 19.8 Å². The summed E-state index contributed by atoms with van der Waals surface area (Å²) < 4.78 is 7.02. The van der Waals surface area contributed by atoms with Crippen molar-refractivity contribution in [3.63, 3.8) is 0 Å². The lowest BCUT2D eigenvalue weighted by molar-refractivity contribution is 0.0906. The SMILES string of the molecule is Cc1ccc(-n2nc(-c3noc(C(=O)NCCN4CCCC4)n3)c(=O)n(C)c2=O)cc1. The van der Waals surface area contributed by atoms with Crippen LogP contribution in [-0.2, 0) is 7.05 Å². The van der Waals surface area contributed by atoms with E-state index in [0.29, 0.717) is 12.2 Å². The molecule has 0 unspecified atom stereocenters. The number of hydrogen-bond donors (Lipinski definition) is 1. The number of aryl methyl sites for hydroxylation is 1. The molecule has 0 bridgehead atoms. The van der Waals surface area contributed by atoms with Crippen LogP contribution in [-0.4, -0.2) is 61.5 Å². The number of aromatic nitrogens is 5. The molecule has 0 spiro atoms. The lowest BCUT2D eigenvalue weighted by atomic mass is 10.2. The molecule has 1 saturated heterocycles. The van der Waals surface area contributed by atoms with Gasteiger partial charge in [0.25, 0.3) is 5.56 Å². The maximum atomic E-state index is 12.6. The Kier molecular flexibility index (Phi) is 5.76. The summed E-state index contributed by atoms with van der Waals surface area (Å²) in [5.74, 6) is -0.957. The van der Waals surface area contributed by atoms with E-state index in [1.54, 1.807) is 12.1 Å². The van der Waals surface area contributed by atoms with E-state index in [0.717, 1.165) is 34.4 Å². The van der Waals surface area contributed by atoms with Crippen LogP contribution in [0.25, 0.3) is 17.2 Å². The van der Waals surface area contributed by atoms with Crippen LogP contribution in [0.4, 0.5) is 0 Å². The van der Waals surface area contributed by atoms with Crippen LogP contribution in [0.5, 0.6) is 0 Å². The standard InChI is InChI=1S/C20H23N7O4/c1-13-5-7-14(8-6-13)27-20(30)25(2)19(29)15(23-27)16-22-18(31-24-16)17(28)21-9-12-26-10-3-4-11-26/h5-8H,3-4,9-12H2,1-2H3,(H,21,28). The fourth-order valence-electron chi connectivity index (χ4n) is 3.39. The van der Waals surface area contributed by atoms with Gasteiger partial charge in [-0.3, -0.25) is 14.2 Å².